The number of amides is 1. The average molecular weight is 414 g/mol. The molecule has 1 aliphatic carbocycles. The SMILES string of the molecule is O=C(CC1(O)CCCCC1)N1CCO[C@H](c2cccc(Nc3ccc(F)cn3)n2)C1. The molecule has 2 fully saturated rings. The topological polar surface area (TPSA) is 87.6 Å². The summed E-state index contributed by atoms with van der Waals surface area (Å²) < 4.78 is 18.9. The van der Waals surface area contributed by atoms with Crippen molar-refractivity contribution in [3.8, 4) is 0 Å². The van der Waals surface area contributed by atoms with E-state index in [1.165, 1.54) is 12.1 Å². The molecule has 1 atom stereocenters. The van der Waals surface area contributed by atoms with Crippen molar-refractivity contribution < 1.29 is 19.0 Å². The zero-order chi connectivity index (χ0) is 21.0. The van der Waals surface area contributed by atoms with E-state index in [1.807, 2.05) is 12.1 Å². The molecule has 0 bridgehead atoms. The van der Waals surface area contributed by atoms with E-state index in [1.54, 1.807) is 11.0 Å². The second-order valence-corrected chi connectivity index (χ2v) is 8.10. The highest BCUT2D eigenvalue weighted by molar-refractivity contribution is 5.77. The summed E-state index contributed by atoms with van der Waals surface area (Å²) in [5, 5.41) is 13.8. The van der Waals surface area contributed by atoms with Crippen molar-refractivity contribution in [3.05, 3.63) is 48.0 Å². The number of carbonyl (C=O) groups is 1. The molecule has 3 heterocycles. The van der Waals surface area contributed by atoms with E-state index >= 15 is 0 Å². The monoisotopic (exact) mass is 414 g/mol. The third kappa shape index (κ3) is 5.12. The number of carbonyl (C=O) groups excluding carboxylic acids is 1. The fourth-order valence-electron chi connectivity index (χ4n) is 4.12. The number of pyridine rings is 2. The third-order valence-electron chi connectivity index (χ3n) is 5.77. The minimum Gasteiger partial charge on any atom is -0.389 e. The summed E-state index contributed by atoms with van der Waals surface area (Å²) in [5.74, 6) is 0.622. The smallest absolute Gasteiger partial charge is 0.225 e. The molecule has 30 heavy (non-hydrogen) atoms. The highest BCUT2D eigenvalue weighted by Crippen LogP contribution is 2.32. The number of nitrogens with one attached hydrogen (secondary N) is 1. The number of ether oxygens (including phenoxy) is 1. The number of anilines is 2. The van der Waals surface area contributed by atoms with E-state index in [4.69, 9.17) is 4.74 Å². The fourth-order valence-corrected chi connectivity index (χ4v) is 4.12. The van der Waals surface area contributed by atoms with Gasteiger partial charge in [-0.05, 0) is 37.1 Å². The van der Waals surface area contributed by atoms with Crippen molar-refractivity contribution in [2.45, 2.75) is 50.2 Å². The standard InChI is InChI=1S/C22H27FN4O3/c23-16-7-8-19(24-14-16)26-20-6-4-5-17(25-20)18-15-27(11-12-30-18)21(28)13-22(29)9-2-1-3-10-22/h4-8,14,18,29H,1-3,9-13,15H2,(H,24,25,26)/t18-/m0/s1. The van der Waals surface area contributed by atoms with E-state index in [-0.39, 0.29) is 18.4 Å². The molecule has 2 aromatic heterocycles. The normalized spacial score (nSPS) is 21.3. The molecule has 7 nitrogen and oxygen atoms in total. The van der Waals surface area contributed by atoms with Gasteiger partial charge in [0.05, 0.1) is 37.1 Å². The largest absolute Gasteiger partial charge is 0.389 e. The number of hydrogen-bond donors (Lipinski definition) is 2. The summed E-state index contributed by atoms with van der Waals surface area (Å²) in [5.41, 5.74) is -0.163. The van der Waals surface area contributed by atoms with Crippen molar-refractivity contribution in [3.63, 3.8) is 0 Å². The first-order valence-corrected chi connectivity index (χ1v) is 10.5. The lowest BCUT2D eigenvalue weighted by molar-refractivity contribution is -0.145. The lowest BCUT2D eigenvalue weighted by Crippen LogP contribution is -2.46. The molecule has 2 aliphatic rings. The quantitative estimate of drug-likeness (QED) is 0.780. The average Bonchev–Trinajstić information content (AvgIpc) is 2.76. The Morgan fingerprint density at radius 3 is 2.83 bits per heavy atom. The molecule has 1 aliphatic heterocycles. The van der Waals surface area contributed by atoms with Crippen molar-refractivity contribution in [2.24, 2.45) is 0 Å². The zero-order valence-electron chi connectivity index (χ0n) is 16.9. The van der Waals surface area contributed by atoms with E-state index in [0.29, 0.717) is 49.9 Å². The number of aromatic nitrogens is 2. The van der Waals surface area contributed by atoms with Crippen LogP contribution in [0.4, 0.5) is 16.0 Å². The minimum absolute atomic E-state index is 0.0301. The van der Waals surface area contributed by atoms with Gasteiger partial charge in [0.25, 0.3) is 0 Å². The van der Waals surface area contributed by atoms with Crippen molar-refractivity contribution in [2.75, 3.05) is 25.0 Å². The fraction of sp³-hybridized carbons (Fsp3) is 0.500. The molecule has 1 saturated carbocycles. The number of morpholine rings is 1. The number of halogens is 1. The van der Waals surface area contributed by atoms with Gasteiger partial charge in [0.15, 0.2) is 0 Å². The summed E-state index contributed by atoms with van der Waals surface area (Å²) in [6.45, 7) is 1.34. The Morgan fingerprint density at radius 1 is 1.23 bits per heavy atom. The number of nitrogens with zero attached hydrogens (tertiary/aromatic N) is 3. The summed E-state index contributed by atoms with van der Waals surface area (Å²) in [6, 6.07) is 8.36. The molecule has 160 valence electrons. The van der Waals surface area contributed by atoms with Crippen LogP contribution in [0.15, 0.2) is 36.5 Å². The molecule has 1 amide bonds. The highest BCUT2D eigenvalue weighted by Gasteiger charge is 2.35. The predicted octanol–water partition coefficient (Wildman–Crippen LogP) is 3.34. The highest BCUT2D eigenvalue weighted by atomic mass is 19.1. The maximum absolute atomic E-state index is 13.0. The molecule has 2 aromatic rings. The van der Waals surface area contributed by atoms with Gasteiger partial charge >= 0.3 is 0 Å². The van der Waals surface area contributed by atoms with Gasteiger partial charge in [0.2, 0.25) is 5.91 Å². The first kappa shape index (κ1) is 20.7. The van der Waals surface area contributed by atoms with Gasteiger partial charge in [-0.3, -0.25) is 4.79 Å². The summed E-state index contributed by atoms with van der Waals surface area (Å²) in [4.78, 5) is 23.1. The van der Waals surface area contributed by atoms with Crippen LogP contribution in [0.5, 0.6) is 0 Å². The van der Waals surface area contributed by atoms with Crippen LogP contribution in [0.3, 0.4) is 0 Å². The van der Waals surface area contributed by atoms with Crippen molar-refractivity contribution in [1.82, 2.24) is 14.9 Å². The van der Waals surface area contributed by atoms with Crippen LogP contribution in [-0.4, -0.2) is 51.2 Å². The molecule has 4 rings (SSSR count). The van der Waals surface area contributed by atoms with Crippen molar-refractivity contribution in [1.29, 1.82) is 0 Å². The van der Waals surface area contributed by atoms with E-state index in [2.05, 4.69) is 15.3 Å². The summed E-state index contributed by atoms with van der Waals surface area (Å²) in [7, 11) is 0. The van der Waals surface area contributed by atoms with Crippen LogP contribution in [0, 0.1) is 5.82 Å². The van der Waals surface area contributed by atoms with Crippen LogP contribution in [0.25, 0.3) is 0 Å². The van der Waals surface area contributed by atoms with Gasteiger partial charge in [-0.25, -0.2) is 14.4 Å². The first-order chi connectivity index (χ1) is 14.5. The molecular formula is C22H27FN4O3. The molecular weight excluding hydrogens is 387 g/mol. The second-order valence-electron chi connectivity index (χ2n) is 8.10. The Hall–Kier alpha value is -2.58. The Morgan fingerprint density at radius 2 is 2.07 bits per heavy atom. The molecule has 0 radical (unpaired) electrons. The Kier molecular flexibility index (Phi) is 6.24. The molecule has 0 unspecified atom stereocenters. The van der Waals surface area contributed by atoms with Crippen LogP contribution >= 0.6 is 0 Å². The lowest BCUT2D eigenvalue weighted by Gasteiger charge is -2.37. The zero-order valence-corrected chi connectivity index (χ0v) is 16.9. The number of hydrogen-bond acceptors (Lipinski definition) is 6. The van der Waals surface area contributed by atoms with E-state index in [9.17, 15) is 14.3 Å². The van der Waals surface area contributed by atoms with Gasteiger partial charge in [-0.15, -0.1) is 0 Å². The second kappa shape index (κ2) is 9.06. The molecule has 0 aromatic carbocycles. The van der Waals surface area contributed by atoms with Gasteiger partial charge in [-0.1, -0.05) is 25.3 Å². The Bertz CT molecular complexity index is 871. The van der Waals surface area contributed by atoms with Gasteiger partial charge < -0.3 is 20.1 Å². The number of aliphatic hydroxyl groups is 1. The van der Waals surface area contributed by atoms with Crippen LogP contribution in [0.2, 0.25) is 0 Å². The molecule has 1 saturated heterocycles. The number of rotatable bonds is 5. The van der Waals surface area contributed by atoms with Gasteiger partial charge in [-0.2, -0.15) is 0 Å². The van der Waals surface area contributed by atoms with Gasteiger partial charge in [0, 0.05) is 6.54 Å². The molecule has 0 spiro atoms. The van der Waals surface area contributed by atoms with Crippen LogP contribution in [-0.2, 0) is 9.53 Å². The van der Waals surface area contributed by atoms with Gasteiger partial charge in [0.1, 0.15) is 23.6 Å². The molecule has 8 heteroatoms. The third-order valence-corrected chi connectivity index (χ3v) is 5.77. The van der Waals surface area contributed by atoms with Crippen LogP contribution in [0.1, 0.15) is 50.3 Å². The predicted molar refractivity (Wildman–Crippen MR) is 110 cm³/mol. The van der Waals surface area contributed by atoms with E-state index in [0.717, 1.165) is 25.5 Å². The maximum Gasteiger partial charge on any atom is 0.225 e. The first-order valence-electron chi connectivity index (χ1n) is 10.5. The summed E-state index contributed by atoms with van der Waals surface area (Å²) >= 11 is 0. The van der Waals surface area contributed by atoms with Crippen LogP contribution < -0.4 is 5.32 Å². The Balaban J connectivity index is 1.40. The minimum atomic E-state index is -0.868. The maximum atomic E-state index is 13.0. The summed E-state index contributed by atoms with van der Waals surface area (Å²) in [6.07, 6.45) is 5.43. The lowest BCUT2D eigenvalue weighted by atomic mass is 9.82. The Labute approximate surface area is 175 Å². The van der Waals surface area contributed by atoms with Crippen molar-refractivity contribution >= 4 is 17.5 Å². The molecule has 2 N–H and O–H groups in total. The van der Waals surface area contributed by atoms with E-state index < -0.39 is 11.4 Å².